The van der Waals surface area contributed by atoms with Gasteiger partial charge in [-0.15, -0.1) is 0 Å². The number of nitrogens with one attached hydrogen (secondary N) is 2. The van der Waals surface area contributed by atoms with Crippen molar-refractivity contribution in [3.8, 4) is 0 Å². The zero-order chi connectivity index (χ0) is 14.9. The first-order valence-electron chi connectivity index (χ1n) is 8.53. The van der Waals surface area contributed by atoms with E-state index in [1.54, 1.807) is 0 Å². The van der Waals surface area contributed by atoms with Crippen molar-refractivity contribution in [1.82, 2.24) is 15.5 Å². The van der Waals surface area contributed by atoms with E-state index >= 15 is 0 Å². The van der Waals surface area contributed by atoms with E-state index in [0.29, 0.717) is 25.4 Å². The van der Waals surface area contributed by atoms with Crippen LogP contribution in [0.4, 0.5) is 0 Å². The van der Waals surface area contributed by atoms with Crippen molar-refractivity contribution in [2.24, 2.45) is 0 Å². The Labute approximate surface area is 127 Å². The highest BCUT2D eigenvalue weighted by molar-refractivity contribution is 5.79. The lowest BCUT2D eigenvalue weighted by Gasteiger charge is -2.26. The fourth-order valence-corrected chi connectivity index (χ4v) is 3.17. The number of amides is 2. The number of hydrogen-bond acceptors (Lipinski definition) is 3. The number of hydrogen-bond donors (Lipinski definition) is 2. The molecule has 2 saturated heterocycles. The third-order valence-corrected chi connectivity index (χ3v) is 4.50. The van der Waals surface area contributed by atoms with E-state index in [0.717, 1.165) is 38.9 Å². The van der Waals surface area contributed by atoms with E-state index < -0.39 is 0 Å². The van der Waals surface area contributed by atoms with Gasteiger partial charge in [0.25, 0.3) is 0 Å². The molecule has 0 saturated carbocycles. The molecule has 2 fully saturated rings. The highest BCUT2D eigenvalue weighted by Crippen LogP contribution is 2.12. The Balaban J connectivity index is 1.52. The van der Waals surface area contributed by atoms with E-state index in [9.17, 15) is 9.59 Å². The Hall–Kier alpha value is -1.10. The molecule has 5 nitrogen and oxygen atoms in total. The van der Waals surface area contributed by atoms with Gasteiger partial charge in [0.05, 0.1) is 0 Å². The van der Waals surface area contributed by atoms with Gasteiger partial charge in [0.1, 0.15) is 0 Å². The van der Waals surface area contributed by atoms with Crippen molar-refractivity contribution in [3.63, 3.8) is 0 Å². The highest BCUT2D eigenvalue weighted by atomic mass is 16.2. The van der Waals surface area contributed by atoms with E-state index in [1.165, 1.54) is 25.7 Å². The molecule has 1 unspecified atom stereocenters. The molecular weight excluding hydrogens is 266 g/mol. The standard InChI is InChI=1S/C16H29N3O2/c20-15(8-7-14-6-2-3-10-17-14)18-11-9-16(21)19-12-4-1-5-13-19/h14,17H,1-13H2,(H,18,20). The van der Waals surface area contributed by atoms with Gasteiger partial charge in [-0.25, -0.2) is 0 Å². The fourth-order valence-electron chi connectivity index (χ4n) is 3.17. The Morgan fingerprint density at radius 3 is 2.57 bits per heavy atom. The number of piperidine rings is 2. The minimum absolute atomic E-state index is 0.0776. The summed E-state index contributed by atoms with van der Waals surface area (Å²) in [5.41, 5.74) is 0. The van der Waals surface area contributed by atoms with Crippen LogP contribution in [-0.2, 0) is 9.59 Å². The van der Waals surface area contributed by atoms with Crippen molar-refractivity contribution in [2.45, 2.75) is 63.8 Å². The lowest BCUT2D eigenvalue weighted by molar-refractivity contribution is -0.132. The zero-order valence-corrected chi connectivity index (χ0v) is 13.0. The number of nitrogens with zero attached hydrogens (tertiary/aromatic N) is 1. The summed E-state index contributed by atoms with van der Waals surface area (Å²) in [4.78, 5) is 25.7. The van der Waals surface area contributed by atoms with E-state index in [1.807, 2.05) is 4.90 Å². The predicted octanol–water partition coefficient (Wildman–Crippen LogP) is 1.43. The van der Waals surface area contributed by atoms with Crippen LogP contribution in [0.25, 0.3) is 0 Å². The van der Waals surface area contributed by atoms with Crippen LogP contribution in [-0.4, -0.2) is 48.9 Å². The van der Waals surface area contributed by atoms with Crippen LogP contribution in [0.2, 0.25) is 0 Å². The topological polar surface area (TPSA) is 61.4 Å². The predicted molar refractivity (Wildman–Crippen MR) is 82.9 cm³/mol. The van der Waals surface area contributed by atoms with Gasteiger partial charge in [-0.1, -0.05) is 6.42 Å². The third kappa shape index (κ3) is 6.04. The molecule has 0 aromatic carbocycles. The first kappa shape index (κ1) is 16.3. The maximum absolute atomic E-state index is 11.9. The lowest BCUT2D eigenvalue weighted by Crippen LogP contribution is -2.38. The number of carbonyl (C=O) groups excluding carboxylic acids is 2. The van der Waals surface area contributed by atoms with Crippen LogP contribution in [0, 0.1) is 0 Å². The number of likely N-dealkylation sites (tertiary alicyclic amines) is 1. The molecule has 5 heteroatoms. The summed E-state index contributed by atoms with van der Waals surface area (Å²) in [6.07, 6.45) is 9.08. The molecule has 2 heterocycles. The van der Waals surface area contributed by atoms with Gasteiger partial charge < -0.3 is 15.5 Å². The van der Waals surface area contributed by atoms with Gasteiger partial charge in [-0.05, 0) is 45.1 Å². The van der Waals surface area contributed by atoms with Crippen molar-refractivity contribution in [1.29, 1.82) is 0 Å². The summed E-state index contributed by atoms with van der Waals surface area (Å²) in [6, 6.07) is 0.500. The van der Waals surface area contributed by atoms with Crippen molar-refractivity contribution in [3.05, 3.63) is 0 Å². The van der Waals surface area contributed by atoms with Crippen LogP contribution in [0.5, 0.6) is 0 Å². The average molecular weight is 295 g/mol. The molecule has 2 amide bonds. The molecule has 0 spiro atoms. The van der Waals surface area contributed by atoms with Crippen LogP contribution in [0.3, 0.4) is 0 Å². The van der Waals surface area contributed by atoms with Crippen molar-refractivity contribution < 1.29 is 9.59 Å². The van der Waals surface area contributed by atoms with Crippen LogP contribution >= 0.6 is 0 Å². The molecule has 2 aliphatic rings. The number of rotatable bonds is 6. The van der Waals surface area contributed by atoms with Crippen LogP contribution in [0.15, 0.2) is 0 Å². The molecule has 2 rings (SSSR count). The van der Waals surface area contributed by atoms with Gasteiger partial charge in [0.15, 0.2) is 0 Å². The largest absolute Gasteiger partial charge is 0.356 e. The quantitative estimate of drug-likeness (QED) is 0.779. The SMILES string of the molecule is O=C(CCC1CCCCN1)NCCC(=O)N1CCCCC1. The van der Waals surface area contributed by atoms with Gasteiger partial charge in [-0.2, -0.15) is 0 Å². The van der Waals surface area contributed by atoms with Crippen LogP contribution in [0.1, 0.15) is 57.8 Å². The first-order valence-corrected chi connectivity index (χ1v) is 8.53. The van der Waals surface area contributed by atoms with Gasteiger partial charge >= 0.3 is 0 Å². The van der Waals surface area contributed by atoms with E-state index in [2.05, 4.69) is 10.6 Å². The first-order chi connectivity index (χ1) is 10.3. The molecule has 2 aliphatic heterocycles. The maximum atomic E-state index is 11.9. The Morgan fingerprint density at radius 1 is 1.05 bits per heavy atom. The number of carbonyl (C=O) groups is 2. The van der Waals surface area contributed by atoms with Crippen molar-refractivity contribution in [2.75, 3.05) is 26.2 Å². The monoisotopic (exact) mass is 295 g/mol. The third-order valence-electron chi connectivity index (χ3n) is 4.50. The summed E-state index contributed by atoms with van der Waals surface area (Å²) < 4.78 is 0. The Morgan fingerprint density at radius 2 is 1.86 bits per heavy atom. The summed E-state index contributed by atoms with van der Waals surface area (Å²) in [5.74, 6) is 0.262. The van der Waals surface area contributed by atoms with Gasteiger partial charge in [0.2, 0.25) is 11.8 Å². The second kappa shape index (κ2) is 9.03. The summed E-state index contributed by atoms with van der Waals surface area (Å²) in [6.45, 7) is 3.34. The van der Waals surface area contributed by atoms with Crippen molar-refractivity contribution >= 4 is 11.8 Å². The molecule has 0 aliphatic carbocycles. The summed E-state index contributed by atoms with van der Waals surface area (Å²) in [5, 5.41) is 6.33. The fraction of sp³-hybridized carbons (Fsp3) is 0.875. The van der Waals surface area contributed by atoms with E-state index in [4.69, 9.17) is 0 Å². The minimum Gasteiger partial charge on any atom is -0.356 e. The molecular formula is C16H29N3O2. The summed E-state index contributed by atoms with van der Waals surface area (Å²) in [7, 11) is 0. The molecule has 0 bridgehead atoms. The molecule has 0 radical (unpaired) electrons. The van der Waals surface area contributed by atoms with Gasteiger partial charge in [0, 0.05) is 38.5 Å². The maximum Gasteiger partial charge on any atom is 0.224 e. The zero-order valence-electron chi connectivity index (χ0n) is 13.0. The molecule has 120 valence electrons. The molecule has 0 aromatic heterocycles. The second-order valence-electron chi connectivity index (χ2n) is 6.23. The highest BCUT2D eigenvalue weighted by Gasteiger charge is 2.17. The smallest absolute Gasteiger partial charge is 0.224 e. The molecule has 0 aromatic rings. The lowest BCUT2D eigenvalue weighted by atomic mass is 10.0. The molecule has 21 heavy (non-hydrogen) atoms. The molecule has 2 N–H and O–H groups in total. The second-order valence-corrected chi connectivity index (χ2v) is 6.23. The van der Waals surface area contributed by atoms with Gasteiger partial charge in [-0.3, -0.25) is 9.59 Å². The average Bonchev–Trinajstić information content (AvgIpc) is 2.54. The minimum atomic E-state index is 0.0776. The molecule has 1 atom stereocenters. The van der Waals surface area contributed by atoms with Crippen LogP contribution < -0.4 is 10.6 Å². The Bertz CT molecular complexity index is 334. The van der Waals surface area contributed by atoms with E-state index in [-0.39, 0.29) is 11.8 Å². The Kier molecular flexibility index (Phi) is 7.00. The summed E-state index contributed by atoms with van der Waals surface area (Å²) >= 11 is 0. The normalized spacial score (nSPS) is 22.9.